The van der Waals surface area contributed by atoms with E-state index in [-0.39, 0.29) is 0 Å². The summed E-state index contributed by atoms with van der Waals surface area (Å²) in [6.07, 6.45) is 2.75. The third kappa shape index (κ3) is 2.47. The monoisotopic (exact) mass is 478 g/mol. The molecule has 68 valence electrons. The molecule has 0 N–H and O–H groups in total. The Morgan fingerprint density at radius 2 is 1.36 bits per heavy atom. The predicted octanol–water partition coefficient (Wildman–Crippen LogP) is 4.54. The van der Waals surface area contributed by atoms with Gasteiger partial charge in [-0.25, -0.2) is 0 Å². The van der Waals surface area contributed by atoms with Crippen LogP contribution in [0.25, 0.3) is 0 Å². The Morgan fingerprint density at radius 1 is 1.00 bits per heavy atom. The SMILES string of the molecule is BrC[C@H]1CC[C@H](CBr)[Se]1(Br)Br. The molecule has 0 bridgehead atoms. The van der Waals surface area contributed by atoms with Crippen LogP contribution >= 0.6 is 60.1 Å². The third-order valence-electron chi connectivity index (χ3n) is 2.04. The Morgan fingerprint density at radius 3 is 1.55 bits per heavy atom. The van der Waals surface area contributed by atoms with Gasteiger partial charge in [-0.2, -0.15) is 0 Å². The van der Waals surface area contributed by atoms with Crippen LogP contribution in [-0.2, 0) is 0 Å². The summed E-state index contributed by atoms with van der Waals surface area (Å²) < 4.78 is 0. The van der Waals surface area contributed by atoms with E-state index in [1.54, 1.807) is 0 Å². The molecule has 1 saturated heterocycles. The van der Waals surface area contributed by atoms with E-state index in [4.69, 9.17) is 0 Å². The molecule has 11 heavy (non-hydrogen) atoms. The van der Waals surface area contributed by atoms with Gasteiger partial charge in [0.05, 0.1) is 0 Å². The van der Waals surface area contributed by atoms with E-state index in [2.05, 4.69) is 60.1 Å². The number of halogens is 4. The predicted molar refractivity (Wildman–Crippen MR) is 67.9 cm³/mol. The Bertz CT molecular complexity index is 125. The maximum atomic E-state index is 3.91. The summed E-state index contributed by atoms with van der Waals surface area (Å²) in [5.41, 5.74) is 0. The summed E-state index contributed by atoms with van der Waals surface area (Å²) in [6, 6.07) is 0. The second-order valence-electron chi connectivity index (χ2n) is 2.68. The van der Waals surface area contributed by atoms with Gasteiger partial charge in [-0.15, -0.1) is 0 Å². The molecule has 0 aromatic carbocycles. The quantitative estimate of drug-likeness (QED) is 0.402. The van der Waals surface area contributed by atoms with Crippen LogP contribution < -0.4 is 0 Å². The second-order valence-corrected chi connectivity index (χ2v) is 24.7. The van der Waals surface area contributed by atoms with Crippen LogP contribution in [0.3, 0.4) is 0 Å². The zero-order chi connectivity index (χ0) is 8.48. The Labute approximate surface area is 101 Å². The average Bonchev–Trinajstić information content (AvgIpc) is 2.24. The minimum atomic E-state index is -1.45. The van der Waals surface area contributed by atoms with E-state index in [1.807, 2.05) is 0 Å². The molecule has 0 amide bonds. The Balaban J connectivity index is 2.64. The summed E-state index contributed by atoms with van der Waals surface area (Å²) in [6.45, 7) is 0. The van der Waals surface area contributed by atoms with Crippen molar-refractivity contribution in [3.63, 3.8) is 0 Å². The molecule has 5 heteroatoms. The van der Waals surface area contributed by atoms with Crippen molar-refractivity contribution in [3.8, 4) is 0 Å². The van der Waals surface area contributed by atoms with Gasteiger partial charge in [-0.1, -0.05) is 0 Å². The van der Waals surface area contributed by atoms with E-state index in [9.17, 15) is 0 Å². The fourth-order valence-corrected chi connectivity index (χ4v) is 24.0. The molecule has 1 fully saturated rings. The molecular weight excluding hydrogens is 471 g/mol. The van der Waals surface area contributed by atoms with E-state index >= 15 is 0 Å². The van der Waals surface area contributed by atoms with Gasteiger partial charge >= 0.3 is 102 Å². The Hall–Kier alpha value is 2.44. The van der Waals surface area contributed by atoms with Gasteiger partial charge in [0.1, 0.15) is 0 Å². The first kappa shape index (κ1) is 11.5. The van der Waals surface area contributed by atoms with Gasteiger partial charge in [-0.05, 0) is 0 Å². The van der Waals surface area contributed by atoms with Gasteiger partial charge < -0.3 is 0 Å². The van der Waals surface area contributed by atoms with Crippen LogP contribution in [0.4, 0.5) is 0 Å². The molecule has 2 atom stereocenters. The summed E-state index contributed by atoms with van der Waals surface area (Å²) >= 11 is 15.0. The average molecular weight is 481 g/mol. The molecule has 0 aromatic rings. The van der Waals surface area contributed by atoms with Crippen molar-refractivity contribution in [3.05, 3.63) is 0 Å². The summed E-state index contributed by atoms with van der Waals surface area (Å²) in [5, 5.41) is 2.29. The topological polar surface area (TPSA) is 0 Å². The van der Waals surface area contributed by atoms with E-state index < -0.39 is 9.23 Å². The van der Waals surface area contributed by atoms with E-state index in [0.717, 1.165) is 20.3 Å². The van der Waals surface area contributed by atoms with Crippen molar-refractivity contribution < 1.29 is 0 Å². The van der Waals surface area contributed by atoms with Crippen molar-refractivity contribution >= 4 is 69.3 Å². The number of rotatable bonds is 2. The molecule has 1 rings (SSSR count). The summed E-state index contributed by atoms with van der Waals surface area (Å²) in [5.74, 6) is 0. The standard InChI is InChI=1S/C6H10Br4Se/c7-3-5-1-2-6(4-8)11(5,9)10/h5-6H,1-4H2/t5-,6-/m1/s1. The molecular formula is C6H10Br4Se. The number of alkyl halides is 2. The maximum absolute atomic E-state index is 3.91. The molecule has 1 aliphatic rings. The molecule has 0 aromatic heterocycles. The van der Waals surface area contributed by atoms with Crippen molar-refractivity contribution in [2.75, 3.05) is 10.7 Å². The van der Waals surface area contributed by atoms with Crippen LogP contribution in [0.2, 0.25) is 9.63 Å². The normalized spacial score (nSPS) is 38.9. The first-order valence-electron chi connectivity index (χ1n) is 3.45. The first-order chi connectivity index (χ1) is 5.12. The van der Waals surface area contributed by atoms with E-state index in [0.29, 0.717) is 0 Å². The van der Waals surface area contributed by atoms with E-state index in [1.165, 1.54) is 12.8 Å². The summed E-state index contributed by atoms with van der Waals surface area (Å²) in [4.78, 5) is 1.74. The molecule has 0 saturated carbocycles. The fourth-order valence-electron chi connectivity index (χ4n) is 1.28. The van der Waals surface area contributed by atoms with Crippen molar-refractivity contribution in [2.45, 2.75) is 22.5 Å². The molecule has 1 heterocycles. The second kappa shape index (κ2) is 4.79. The first-order valence-corrected chi connectivity index (χ1v) is 15.7. The van der Waals surface area contributed by atoms with Gasteiger partial charge in [-0.3, -0.25) is 0 Å². The van der Waals surface area contributed by atoms with Gasteiger partial charge in [0.15, 0.2) is 0 Å². The molecule has 0 nitrogen and oxygen atoms in total. The Kier molecular flexibility index (Phi) is 5.01. The van der Waals surface area contributed by atoms with Crippen molar-refractivity contribution in [2.24, 2.45) is 0 Å². The number of hydrogen-bond donors (Lipinski definition) is 0. The van der Waals surface area contributed by atoms with Crippen LogP contribution in [0.1, 0.15) is 12.8 Å². The van der Waals surface area contributed by atoms with Gasteiger partial charge in [0, 0.05) is 0 Å². The zero-order valence-corrected chi connectivity index (χ0v) is 14.0. The molecule has 0 aliphatic carbocycles. The van der Waals surface area contributed by atoms with Crippen molar-refractivity contribution in [1.29, 1.82) is 0 Å². The zero-order valence-electron chi connectivity index (χ0n) is 5.90. The van der Waals surface area contributed by atoms with Gasteiger partial charge in [0.25, 0.3) is 0 Å². The third-order valence-corrected chi connectivity index (χ3v) is 21.9. The molecule has 0 radical (unpaired) electrons. The summed E-state index contributed by atoms with van der Waals surface area (Å²) in [7, 11) is -1.45. The molecule has 0 unspecified atom stereocenters. The van der Waals surface area contributed by atoms with Crippen molar-refractivity contribution in [1.82, 2.24) is 0 Å². The number of hydrogen-bond acceptors (Lipinski definition) is 0. The molecule has 0 spiro atoms. The van der Waals surface area contributed by atoms with Crippen LogP contribution in [0, 0.1) is 0 Å². The minimum absolute atomic E-state index is 0.869. The van der Waals surface area contributed by atoms with Crippen LogP contribution in [0.5, 0.6) is 0 Å². The fraction of sp³-hybridized carbons (Fsp3) is 1.00. The van der Waals surface area contributed by atoms with Gasteiger partial charge in [0.2, 0.25) is 0 Å². The van der Waals surface area contributed by atoms with Crippen LogP contribution in [-0.4, -0.2) is 19.9 Å². The molecule has 1 aliphatic heterocycles. The van der Waals surface area contributed by atoms with Crippen LogP contribution in [0.15, 0.2) is 0 Å².